The van der Waals surface area contributed by atoms with Crippen molar-refractivity contribution >= 4 is 43.6 Å². The Hall–Kier alpha value is -7.22. The van der Waals surface area contributed by atoms with Crippen LogP contribution < -0.4 is 0 Å². The molecular formula is C50H34N4. The van der Waals surface area contributed by atoms with Gasteiger partial charge >= 0.3 is 0 Å². The second-order valence-corrected chi connectivity index (χ2v) is 14.1. The van der Waals surface area contributed by atoms with Crippen LogP contribution in [0.4, 0.5) is 0 Å². The van der Waals surface area contributed by atoms with Crippen LogP contribution in [-0.4, -0.2) is 14.1 Å². The summed E-state index contributed by atoms with van der Waals surface area (Å²) in [6, 6.07) is 58.7. The van der Waals surface area contributed by atoms with E-state index in [9.17, 15) is 5.26 Å². The lowest BCUT2D eigenvalue weighted by molar-refractivity contribution is 1.15. The highest BCUT2D eigenvalue weighted by Gasteiger charge is 2.20. The highest BCUT2D eigenvalue weighted by atomic mass is 15.0. The lowest BCUT2D eigenvalue weighted by atomic mass is 9.99. The number of hydrogen-bond acceptors (Lipinski definition) is 2. The molecule has 7 aromatic carbocycles. The minimum absolute atomic E-state index is 0.595. The van der Waals surface area contributed by atoms with E-state index in [0.29, 0.717) is 5.56 Å². The lowest BCUT2D eigenvalue weighted by Crippen LogP contribution is -2.01. The summed E-state index contributed by atoms with van der Waals surface area (Å²) < 4.78 is 4.64. The molecule has 4 heteroatoms. The van der Waals surface area contributed by atoms with Crippen LogP contribution in [0.5, 0.6) is 0 Å². The van der Waals surface area contributed by atoms with Crippen LogP contribution in [0.15, 0.2) is 170 Å². The summed E-state index contributed by atoms with van der Waals surface area (Å²) in [6.07, 6.45) is 3.74. The number of nitrogens with zero attached hydrogens (tertiary/aromatic N) is 4. The second-order valence-electron chi connectivity index (χ2n) is 14.1. The minimum Gasteiger partial charge on any atom is -0.309 e. The van der Waals surface area contributed by atoms with Crippen LogP contribution in [0.3, 0.4) is 0 Å². The van der Waals surface area contributed by atoms with Crippen LogP contribution >= 0.6 is 0 Å². The molecule has 0 unspecified atom stereocenters. The van der Waals surface area contributed by atoms with Gasteiger partial charge in [-0.05, 0) is 96.8 Å². The number of rotatable bonds is 5. The molecule has 0 radical (unpaired) electrons. The molecule has 0 fully saturated rings. The van der Waals surface area contributed by atoms with Crippen molar-refractivity contribution in [1.82, 2.24) is 14.1 Å². The van der Waals surface area contributed by atoms with Crippen molar-refractivity contribution in [2.45, 2.75) is 13.8 Å². The molecule has 0 saturated heterocycles. The van der Waals surface area contributed by atoms with Gasteiger partial charge in [0.15, 0.2) is 0 Å². The summed E-state index contributed by atoms with van der Waals surface area (Å²) >= 11 is 0. The van der Waals surface area contributed by atoms with Crippen molar-refractivity contribution in [2.24, 2.45) is 0 Å². The third-order valence-electron chi connectivity index (χ3n) is 10.8. The van der Waals surface area contributed by atoms with E-state index < -0.39 is 0 Å². The Kier molecular flexibility index (Phi) is 7.28. The summed E-state index contributed by atoms with van der Waals surface area (Å²) in [5.74, 6) is 0. The van der Waals surface area contributed by atoms with Crippen molar-refractivity contribution in [3.8, 4) is 50.8 Å². The summed E-state index contributed by atoms with van der Waals surface area (Å²) in [7, 11) is 0. The summed E-state index contributed by atoms with van der Waals surface area (Å²) in [5.41, 5.74) is 15.9. The van der Waals surface area contributed by atoms with E-state index in [0.717, 1.165) is 44.6 Å². The second kappa shape index (κ2) is 12.5. The van der Waals surface area contributed by atoms with Crippen LogP contribution in [0.1, 0.15) is 16.7 Å². The van der Waals surface area contributed by atoms with E-state index in [-0.39, 0.29) is 0 Å². The molecule has 10 rings (SSSR count). The molecule has 54 heavy (non-hydrogen) atoms. The monoisotopic (exact) mass is 690 g/mol. The molecule has 3 aromatic heterocycles. The Balaban J connectivity index is 1.18. The Morgan fingerprint density at radius 2 is 1.02 bits per heavy atom. The molecule has 0 N–H and O–H groups in total. The van der Waals surface area contributed by atoms with Crippen LogP contribution in [0.2, 0.25) is 0 Å². The molecule has 10 aromatic rings. The van der Waals surface area contributed by atoms with Crippen LogP contribution in [0.25, 0.3) is 88.4 Å². The van der Waals surface area contributed by atoms with Gasteiger partial charge in [-0.2, -0.15) is 5.26 Å². The third kappa shape index (κ3) is 5.02. The predicted octanol–water partition coefficient (Wildman–Crippen LogP) is 12.8. The van der Waals surface area contributed by atoms with E-state index in [1.54, 1.807) is 0 Å². The number of fused-ring (bicyclic) bond motifs is 6. The van der Waals surface area contributed by atoms with Gasteiger partial charge in [-0.3, -0.25) is 4.98 Å². The molecular weight excluding hydrogens is 657 g/mol. The number of hydrogen-bond donors (Lipinski definition) is 0. The van der Waals surface area contributed by atoms with Gasteiger partial charge < -0.3 is 9.13 Å². The van der Waals surface area contributed by atoms with E-state index in [2.05, 4.69) is 186 Å². The first-order chi connectivity index (χ1) is 26.6. The number of pyridine rings is 1. The van der Waals surface area contributed by atoms with Crippen molar-refractivity contribution in [2.75, 3.05) is 0 Å². The summed E-state index contributed by atoms with van der Waals surface area (Å²) in [5, 5.41) is 15.3. The highest BCUT2D eigenvalue weighted by molar-refractivity contribution is 6.12. The first-order valence-corrected chi connectivity index (χ1v) is 18.3. The van der Waals surface area contributed by atoms with Gasteiger partial charge in [-0.1, -0.05) is 108 Å². The van der Waals surface area contributed by atoms with Gasteiger partial charge in [0, 0.05) is 50.8 Å². The molecule has 0 atom stereocenters. The molecule has 0 spiro atoms. The number of para-hydroxylation sites is 2. The smallest absolute Gasteiger partial charge is 0.0998 e. The quantitative estimate of drug-likeness (QED) is 0.180. The summed E-state index contributed by atoms with van der Waals surface area (Å²) in [6.45, 7) is 4.26. The Bertz CT molecular complexity index is 3150. The topological polar surface area (TPSA) is 46.5 Å². The SMILES string of the molecule is Cc1cccc(-c2ccc3c(c2)c2ccccc2n3-c2ccc(C#N)c(-c3cnccc3-n3c4ccccc4c4cc(-c5cccc(C)c5)ccc43)c2)c1. The van der Waals surface area contributed by atoms with E-state index >= 15 is 0 Å². The number of benzene rings is 7. The van der Waals surface area contributed by atoms with E-state index in [1.807, 2.05) is 18.5 Å². The van der Waals surface area contributed by atoms with Gasteiger partial charge in [-0.15, -0.1) is 0 Å². The van der Waals surface area contributed by atoms with Crippen molar-refractivity contribution in [1.29, 1.82) is 5.26 Å². The minimum atomic E-state index is 0.595. The Morgan fingerprint density at radius 1 is 0.463 bits per heavy atom. The maximum atomic E-state index is 10.5. The molecule has 0 aliphatic heterocycles. The average molecular weight is 691 g/mol. The van der Waals surface area contributed by atoms with Gasteiger partial charge in [0.05, 0.1) is 39.4 Å². The summed E-state index contributed by atoms with van der Waals surface area (Å²) in [4.78, 5) is 4.64. The molecule has 0 saturated carbocycles. The largest absolute Gasteiger partial charge is 0.309 e. The van der Waals surface area contributed by atoms with Gasteiger partial charge in [0.2, 0.25) is 0 Å². The Morgan fingerprint density at radius 3 is 1.63 bits per heavy atom. The zero-order valence-electron chi connectivity index (χ0n) is 30.0. The number of nitriles is 1. The molecule has 4 nitrogen and oxygen atoms in total. The maximum Gasteiger partial charge on any atom is 0.0998 e. The van der Waals surface area contributed by atoms with Gasteiger partial charge in [-0.25, -0.2) is 0 Å². The maximum absolute atomic E-state index is 10.5. The molecule has 0 aliphatic carbocycles. The lowest BCUT2D eigenvalue weighted by Gasteiger charge is -2.16. The standard InChI is InChI=1S/C50H34N4/c1-32-9-7-11-34(25-32)36-18-21-48-43(27-36)40-13-3-5-15-46(40)53(48)39-20-17-38(30-51)42(29-39)45-31-52-24-23-50(45)54-47-16-6-4-14-41(47)44-28-37(19-22-49(44)54)35-12-8-10-33(2)26-35/h3-29,31H,1-2H3. The van der Waals surface area contributed by atoms with Gasteiger partial charge in [0.25, 0.3) is 0 Å². The normalized spacial score (nSPS) is 11.5. The first-order valence-electron chi connectivity index (χ1n) is 18.3. The van der Waals surface area contributed by atoms with Crippen LogP contribution in [-0.2, 0) is 0 Å². The van der Waals surface area contributed by atoms with Crippen molar-refractivity contribution in [3.05, 3.63) is 187 Å². The van der Waals surface area contributed by atoms with E-state index in [1.165, 1.54) is 54.9 Å². The molecule has 3 heterocycles. The highest BCUT2D eigenvalue weighted by Crippen LogP contribution is 2.40. The van der Waals surface area contributed by atoms with E-state index in [4.69, 9.17) is 0 Å². The fourth-order valence-corrected chi connectivity index (χ4v) is 8.27. The first kappa shape index (κ1) is 31.5. The van der Waals surface area contributed by atoms with Crippen LogP contribution in [0, 0.1) is 25.2 Å². The van der Waals surface area contributed by atoms with Gasteiger partial charge in [0.1, 0.15) is 0 Å². The molecule has 0 bridgehead atoms. The van der Waals surface area contributed by atoms with Crippen molar-refractivity contribution < 1.29 is 0 Å². The molecule has 0 amide bonds. The van der Waals surface area contributed by atoms with Crippen molar-refractivity contribution in [3.63, 3.8) is 0 Å². The zero-order chi connectivity index (χ0) is 36.3. The molecule has 254 valence electrons. The number of aryl methyl sites for hydroxylation is 2. The molecule has 0 aliphatic rings. The fourth-order valence-electron chi connectivity index (χ4n) is 8.27. The fraction of sp³-hybridized carbons (Fsp3) is 0.0400. The zero-order valence-corrected chi connectivity index (χ0v) is 30.0. The third-order valence-corrected chi connectivity index (χ3v) is 10.8. The predicted molar refractivity (Wildman–Crippen MR) is 223 cm³/mol. The average Bonchev–Trinajstić information content (AvgIpc) is 3.73. The Labute approximate surface area is 313 Å². The number of aromatic nitrogens is 3.